The van der Waals surface area contributed by atoms with E-state index in [2.05, 4.69) is 19.2 Å². The average molecular weight is 289 g/mol. The molecule has 0 fully saturated rings. The molecule has 0 saturated heterocycles. The second kappa shape index (κ2) is 7.53. The topological polar surface area (TPSA) is 21.3 Å². The first kappa shape index (κ1) is 16.8. The standard InChI is InChI=1S/C15H22F3NO/c1-11(2)6-8-20-9-7-19-14-10-13(15(16,17)18)5-4-12(14)3/h4-5,10-11,19H,6-9H2,1-3H3. The molecule has 0 saturated carbocycles. The van der Waals surface area contributed by atoms with Crippen molar-refractivity contribution in [2.75, 3.05) is 25.1 Å². The molecule has 0 bridgehead atoms. The second-order valence-electron chi connectivity index (χ2n) is 5.25. The summed E-state index contributed by atoms with van der Waals surface area (Å²) in [5, 5.41) is 2.99. The molecule has 0 unspecified atom stereocenters. The minimum absolute atomic E-state index is 0.488. The minimum atomic E-state index is -4.31. The van der Waals surface area contributed by atoms with Gasteiger partial charge in [-0.1, -0.05) is 19.9 Å². The maximum atomic E-state index is 12.6. The van der Waals surface area contributed by atoms with Gasteiger partial charge in [-0.05, 0) is 37.0 Å². The summed E-state index contributed by atoms with van der Waals surface area (Å²) < 4.78 is 43.3. The Hall–Kier alpha value is -1.23. The fourth-order valence-corrected chi connectivity index (χ4v) is 1.67. The number of halogens is 3. The van der Waals surface area contributed by atoms with Gasteiger partial charge in [-0.15, -0.1) is 0 Å². The Labute approximate surface area is 118 Å². The fraction of sp³-hybridized carbons (Fsp3) is 0.600. The van der Waals surface area contributed by atoms with E-state index in [0.717, 1.165) is 24.1 Å². The molecular weight excluding hydrogens is 267 g/mol. The lowest BCUT2D eigenvalue weighted by molar-refractivity contribution is -0.137. The van der Waals surface area contributed by atoms with Crippen LogP contribution in [0.1, 0.15) is 31.4 Å². The van der Waals surface area contributed by atoms with E-state index in [1.54, 1.807) is 6.92 Å². The highest BCUT2D eigenvalue weighted by Gasteiger charge is 2.30. The SMILES string of the molecule is Cc1ccc(C(F)(F)F)cc1NCCOCCC(C)C. The molecule has 1 aromatic carbocycles. The van der Waals surface area contributed by atoms with Gasteiger partial charge >= 0.3 is 6.18 Å². The predicted octanol–water partition coefficient (Wildman–Crippen LogP) is 4.49. The van der Waals surface area contributed by atoms with Gasteiger partial charge in [-0.3, -0.25) is 0 Å². The molecule has 1 rings (SSSR count). The molecule has 1 N–H and O–H groups in total. The molecule has 0 aliphatic carbocycles. The first-order chi connectivity index (χ1) is 9.30. The summed E-state index contributed by atoms with van der Waals surface area (Å²) in [4.78, 5) is 0. The van der Waals surface area contributed by atoms with Crippen LogP contribution in [0.5, 0.6) is 0 Å². The van der Waals surface area contributed by atoms with Crippen molar-refractivity contribution in [3.63, 3.8) is 0 Å². The summed E-state index contributed by atoms with van der Waals surface area (Å²) in [6, 6.07) is 3.72. The monoisotopic (exact) mass is 289 g/mol. The molecule has 2 nitrogen and oxygen atoms in total. The molecule has 0 amide bonds. The van der Waals surface area contributed by atoms with E-state index >= 15 is 0 Å². The number of benzene rings is 1. The van der Waals surface area contributed by atoms with Gasteiger partial charge < -0.3 is 10.1 Å². The van der Waals surface area contributed by atoms with Crippen molar-refractivity contribution >= 4 is 5.69 Å². The third-order valence-electron chi connectivity index (χ3n) is 2.97. The third kappa shape index (κ3) is 5.82. The molecule has 0 aliphatic heterocycles. The highest BCUT2D eigenvalue weighted by atomic mass is 19.4. The number of anilines is 1. The number of ether oxygens (including phenoxy) is 1. The Morgan fingerprint density at radius 3 is 2.50 bits per heavy atom. The van der Waals surface area contributed by atoms with Crippen LogP contribution in [0.4, 0.5) is 18.9 Å². The van der Waals surface area contributed by atoms with Crippen molar-refractivity contribution < 1.29 is 17.9 Å². The van der Waals surface area contributed by atoms with Gasteiger partial charge in [0.1, 0.15) is 0 Å². The number of alkyl halides is 3. The lowest BCUT2D eigenvalue weighted by atomic mass is 10.1. The number of rotatable bonds is 7. The van der Waals surface area contributed by atoms with Crippen molar-refractivity contribution in [3.05, 3.63) is 29.3 Å². The van der Waals surface area contributed by atoms with Crippen molar-refractivity contribution in [1.29, 1.82) is 0 Å². The normalized spacial score (nSPS) is 11.9. The maximum Gasteiger partial charge on any atom is 0.416 e. The van der Waals surface area contributed by atoms with Crippen molar-refractivity contribution in [2.45, 2.75) is 33.4 Å². The summed E-state index contributed by atoms with van der Waals surface area (Å²) in [5.41, 5.74) is 0.666. The Bertz CT molecular complexity index is 416. The molecule has 0 heterocycles. The van der Waals surface area contributed by atoms with E-state index in [9.17, 15) is 13.2 Å². The molecule has 0 radical (unpaired) electrons. The van der Waals surface area contributed by atoms with Gasteiger partial charge in [0.25, 0.3) is 0 Å². The molecule has 0 aliphatic rings. The maximum absolute atomic E-state index is 12.6. The van der Waals surface area contributed by atoms with Gasteiger partial charge in [-0.25, -0.2) is 0 Å². The van der Waals surface area contributed by atoms with Crippen LogP contribution in [0.25, 0.3) is 0 Å². The predicted molar refractivity (Wildman–Crippen MR) is 74.9 cm³/mol. The quantitative estimate of drug-likeness (QED) is 0.747. The minimum Gasteiger partial charge on any atom is -0.383 e. The van der Waals surface area contributed by atoms with Crippen molar-refractivity contribution in [3.8, 4) is 0 Å². The van der Waals surface area contributed by atoms with Crippen LogP contribution in [0.3, 0.4) is 0 Å². The number of hydrogen-bond acceptors (Lipinski definition) is 2. The van der Waals surface area contributed by atoms with Crippen LogP contribution < -0.4 is 5.32 Å². The molecule has 0 aromatic heterocycles. The van der Waals surface area contributed by atoms with Crippen molar-refractivity contribution in [2.24, 2.45) is 5.92 Å². The Kier molecular flexibility index (Phi) is 6.33. The van der Waals surface area contributed by atoms with Crippen molar-refractivity contribution in [1.82, 2.24) is 0 Å². The largest absolute Gasteiger partial charge is 0.416 e. The first-order valence-corrected chi connectivity index (χ1v) is 6.80. The molecule has 20 heavy (non-hydrogen) atoms. The lowest BCUT2D eigenvalue weighted by Crippen LogP contribution is -2.13. The van der Waals surface area contributed by atoms with E-state index in [0.29, 0.717) is 31.4 Å². The summed E-state index contributed by atoms with van der Waals surface area (Å²) in [6.07, 6.45) is -3.32. The Balaban J connectivity index is 2.43. The zero-order valence-electron chi connectivity index (χ0n) is 12.2. The average Bonchev–Trinajstić information content (AvgIpc) is 2.33. The van der Waals surface area contributed by atoms with Crippen LogP contribution >= 0.6 is 0 Å². The van der Waals surface area contributed by atoms with E-state index in [1.807, 2.05) is 0 Å². The Morgan fingerprint density at radius 1 is 1.20 bits per heavy atom. The van der Waals surface area contributed by atoms with Gasteiger partial charge in [0, 0.05) is 18.8 Å². The Morgan fingerprint density at radius 2 is 1.90 bits per heavy atom. The summed E-state index contributed by atoms with van der Waals surface area (Å²) in [6.45, 7) is 7.69. The van der Waals surface area contributed by atoms with Gasteiger partial charge in [0.05, 0.1) is 12.2 Å². The van der Waals surface area contributed by atoms with Gasteiger partial charge in [0.15, 0.2) is 0 Å². The summed E-state index contributed by atoms with van der Waals surface area (Å²) in [7, 11) is 0. The van der Waals surface area contributed by atoms with E-state index < -0.39 is 11.7 Å². The lowest BCUT2D eigenvalue weighted by Gasteiger charge is -2.13. The molecule has 1 aromatic rings. The summed E-state index contributed by atoms with van der Waals surface area (Å²) in [5.74, 6) is 0.591. The summed E-state index contributed by atoms with van der Waals surface area (Å²) >= 11 is 0. The number of hydrogen-bond donors (Lipinski definition) is 1. The smallest absolute Gasteiger partial charge is 0.383 e. The van der Waals surface area contributed by atoms with Crippen LogP contribution in [-0.2, 0) is 10.9 Å². The first-order valence-electron chi connectivity index (χ1n) is 6.80. The van der Waals surface area contributed by atoms with E-state index in [4.69, 9.17) is 4.74 Å². The number of aryl methyl sites for hydroxylation is 1. The van der Waals surface area contributed by atoms with Gasteiger partial charge in [-0.2, -0.15) is 13.2 Å². The zero-order chi connectivity index (χ0) is 15.2. The molecule has 114 valence electrons. The third-order valence-corrected chi connectivity index (χ3v) is 2.97. The molecule has 5 heteroatoms. The van der Waals surface area contributed by atoms with Crippen LogP contribution in [0, 0.1) is 12.8 Å². The molecule has 0 spiro atoms. The fourth-order valence-electron chi connectivity index (χ4n) is 1.67. The van der Waals surface area contributed by atoms with E-state index in [1.165, 1.54) is 6.07 Å². The molecular formula is C15H22F3NO. The van der Waals surface area contributed by atoms with Crippen LogP contribution in [0.2, 0.25) is 0 Å². The molecule has 0 atom stereocenters. The van der Waals surface area contributed by atoms with Crippen LogP contribution in [-0.4, -0.2) is 19.8 Å². The highest BCUT2D eigenvalue weighted by molar-refractivity contribution is 5.53. The van der Waals surface area contributed by atoms with Gasteiger partial charge in [0.2, 0.25) is 0 Å². The zero-order valence-corrected chi connectivity index (χ0v) is 12.2. The highest BCUT2D eigenvalue weighted by Crippen LogP contribution is 2.31. The van der Waals surface area contributed by atoms with Crippen LogP contribution in [0.15, 0.2) is 18.2 Å². The van der Waals surface area contributed by atoms with E-state index in [-0.39, 0.29) is 0 Å². The second-order valence-corrected chi connectivity index (χ2v) is 5.25. The number of nitrogens with one attached hydrogen (secondary N) is 1.